The molecule has 0 bridgehead atoms. The van der Waals surface area contributed by atoms with Gasteiger partial charge in [-0.3, -0.25) is 9.67 Å². The van der Waals surface area contributed by atoms with E-state index in [-0.39, 0.29) is 12.6 Å². The van der Waals surface area contributed by atoms with Gasteiger partial charge in [-0.05, 0) is 24.6 Å². The summed E-state index contributed by atoms with van der Waals surface area (Å²) in [7, 11) is 0. The van der Waals surface area contributed by atoms with Crippen LogP contribution in [0.4, 0.5) is 0 Å². The van der Waals surface area contributed by atoms with E-state index in [9.17, 15) is 5.11 Å². The third-order valence-corrected chi connectivity index (χ3v) is 3.87. The lowest BCUT2D eigenvalue weighted by Crippen LogP contribution is -2.28. The van der Waals surface area contributed by atoms with Crippen LogP contribution in [0.2, 0.25) is 0 Å². The second-order valence-corrected chi connectivity index (χ2v) is 5.89. The third-order valence-electron chi connectivity index (χ3n) is 3.87. The number of hydrogen-bond donors (Lipinski definition) is 2. The van der Waals surface area contributed by atoms with Crippen LogP contribution in [-0.4, -0.2) is 32.5 Å². The Bertz CT molecular complexity index is 756. The fourth-order valence-corrected chi connectivity index (χ4v) is 2.54. The van der Waals surface area contributed by atoms with Gasteiger partial charge in [-0.1, -0.05) is 30.3 Å². The fourth-order valence-electron chi connectivity index (χ4n) is 2.54. The van der Waals surface area contributed by atoms with Crippen LogP contribution in [0.25, 0.3) is 11.3 Å². The topological polar surface area (TPSA) is 63.0 Å². The SMILES string of the molecule is CC(CO)NCc1cn(Cc2ccccc2)nc1-c1cccnc1. The van der Waals surface area contributed by atoms with Gasteiger partial charge in [-0.2, -0.15) is 5.10 Å². The largest absolute Gasteiger partial charge is 0.395 e. The fraction of sp³-hybridized carbons (Fsp3) is 0.263. The van der Waals surface area contributed by atoms with E-state index in [1.54, 1.807) is 6.20 Å². The first-order valence-corrected chi connectivity index (χ1v) is 8.11. The number of pyridine rings is 1. The van der Waals surface area contributed by atoms with E-state index in [0.29, 0.717) is 6.54 Å². The summed E-state index contributed by atoms with van der Waals surface area (Å²) in [5.74, 6) is 0. The first kappa shape index (κ1) is 16.4. The van der Waals surface area contributed by atoms with Crippen LogP contribution in [0.3, 0.4) is 0 Å². The summed E-state index contributed by atoms with van der Waals surface area (Å²) < 4.78 is 1.96. The molecule has 0 saturated carbocycles. The Morgan fingerprint density at radius 2 is 2.00 bits per heavy atom. The molecule has 3 rings (SSSR count). The van der Waals surface area contributed by atoms with Gasteiger partial charge in [0.05, 0.1) is 18.8 Å². The zero-order chi connectivity index (χ0) is 16.8. The minimum atomic E-state index is 0.0456. The Kier molecular flexibility index (Phi) is 5.36. The highest BCUT2D eigenvalue weighted by molar-refractivity contribution is 5.61. The number of rotatable bonds is 7. The zero-order valence-corrected chi connectivity index (χ0v) is 13.8. The molecule has 0 fully saturated rings. The van der Waals surface area contributed by atoms with E-state index in [1.165, 1.54) is 5.56 Å². The highest BCUT2D eigenvalue weighted by atomic mass is 16.3. The Balaban J connectivity index is 1.87. The highest BCUT2D eigenvalue weighted by Gasteiger charge is 2.12. The summed E-state index contributed by atoms with van der Waals surface area (Å²) in [5, 5.41) is 17.3. The predicted octanol–water partition coefficient (Wildman–Crippen LogP) is 2.46. The van der Waals surface area contributed by atoms with Gasteiger partial charge in [0, 0.05) is 42.3 Å². The van der Waals surface area contributed by atoms with E-state index >= 15 is 0 Å². The molecule has 3 aromatic rings. The van der Waals surface area contributed by atoms with Gasteiger partial charge < -0.3 is 10.4 Å². The average molecular weight is 322 g/mol. The number of aliphatic hydroxyl groups excluding tert-OH is 1. The Morgan fingerprint density at radius 3 is 2.71 bits per heavy atom. The van der Waals surface area contributed by atoms with Crippen LogP contribution < -0.4 is 5.32 Å². The summed E-state index contributed by atoms with van der Waals surface area (Å²) in [6.07, 6.45) is 5.65. The molecule has 0 aliphatic heterocycles. The molecule has 0 spiro atoms. The maximum atomic E-state index is 9.21. The predicted molar refractivity (Wildman–Crippen MR) is 94.4 cm³/mol. The second-order valence-electron chi connectivity index (χ2n) is 5.89. The molecular weight excluding hydrogens is 300 g/mol. The molecule has 0 amide bonds. The lowest BCUT2D eigenvalue weighted by atomic mass is 10.1. The highest BCUT2D eigenvalue weighted by Crippen LogP contribution is 2.21. The van der Waals surface area contributed by atoms with Crippen molar-refractivity contribution in [3.8, 4) is 11.3 Å². The van der Waals surface area contributed by atoms with Crippen LogP contribution in [0.5, 0.6) is 0 Å². The molecule has 1 atom stereocenters. The van der Waals surface area contributed by atoms with Crippen LogP contribution in [-0.2, 0) is 13.1 Å². The minimum Gasteiger partial charge on any atom is -0.395 e. The third kappa shape index (κ3) is 4.07. The standard InChI is InChI=1S/C19H22N4O/c1-15(14-24)21-11-18-13-23(12-16-6-3-2-4-7-16)22-19(18)17-8-5-9-20-10-17/h2-10,13,15,21,24H,11-12,14H2,1H3. The number of benzene rings is 1. The van der Waals surface area contributed by atoms with Crippen molar-refractivity contribution in [2.24, 2.45) is 0 Å². The normalized spacial score (nSPS) is 12.2. The summed E-state index contributed by atoms with van der Waals surface area (Å²) in [6, 6.07) is 14.2. The summed E-state index contributed by atoms with van der Waals surface area (Å²) in [5.41, 5.74) is 4.23. The minimum absolute atomic E-state index is 0.0456. The number of aliphatic hydroxyl groups is 1. The quantitative estimate of drug-likeness (QED) is 0.701. The van der Waals surface area contributed by atoms with E-state index in [1.807, 2.05) is 48.1 Å². The second kappa shape index (κ2) is 7.86. The molecule has 1 unspecified atom stereocenters. The molecule has 0 aliphatic carbocycles. The molecular formula is C19H22N4O. The van der Waals surface area contributed by atoms with Crippen molar-refractivity contribution in [1.29, 1.82) is 0 Å². The molecule has 24 heavy (non-hydrogen) atoms. The van der Waals surface area contributed by atoms with Crippen molar-refractivity contribution in [3.63, 3.8) is 0 Å². The van der Waals surface area contributed by atoms with Crippen LogP contribution in [0.15, 0.2) is 61.1 Å². The monoisotopic (exact) mass is 322 g/mol. The van der Waals surface area contributed by atoms with Gasteiger partial charge in [-0.25, -0.2) is 0 Å². The molecule has 2 N–H and O–H groups in total. The van der Waals surface area contributed by atoms with E-state index in [0.717, 1.165) is 23.4 Å². The van der Waals surface area contributed by atoms with Gasteiger partial charge in [0.15, 0.2) is 0 Å². The van der Waals surface area contributed by atoms with E-state index in [4.69, 9.17) is 5.10 Å². The van der Waals surface area contributed by atoms with Crippen molar-refractivity contribution in [2.75, 3.05) is 6.61 Å². The number of hydrogen-bond acceptors (Lipinski definition) is 4. The van der Waals surface area contributed by atoms with Crippen LogP contribution >= 0.6 is 0 Å². The molecule has 2 heterocycles. The van der Waals surface area contributed by atoms with Gasteiger partial charge in [0.1, 0.15) is 0 Å². The van der Waals surface area contributed by atoms with Gasteiger partial charge in [0.2, 0.25) is 0 Å². The van der Waals surface area contributed by atoms with Crippen molar-refractivity contribution in [1.82, 2.24) is 20.1 Å². The molecule has 0 saturated heterocycles. The first-order chi connectivity index (χ1) is 11.8. The zero-order valence-electron chi connectivity index (χ0n) is 13.8. The number of nitrogens with one attached hydrogen (secondary N) is 1. The van der Waals surface area contributed by atoms with Crippen molar-refractivity contribution >= 4 is 0 Å². The van der Waals surface area contributed by atoms with Gasteiger partial charge >= 0.3 is 0 Å². The van der Waals surface area contributed by atoms with Crippen LogP contribution in [0, 0.1) is 0 Å². The molecule has 5 nitrogen and oxygen atoms in total. The number of nitrogens with zero attached hydrogens (tertiary/aromatic N) is 3. The lowest BCUT2D eigenvalue weighted by molar-refractivity contribution is 0.251. The first-order valence-electron chi connectivity index (χ1n) is 8.11. The Labute approximate surface area is 142 Å². The van der Waals surface area contributed by atoms with E-state index < -0.39 is 0 Å². The van der Waals surface area contributed by atoms with Crippen molar-refractivity contribution in [3.05, 3.63) is 72.2 Å². The Morgan fingerprint density at radius 1 is 1.17 bits per heavy atom. The Hall–Kier alpha value is -2.50. The molecule has 124 valence electrons. The van der Waals surface area contributed by atoms with Gasteiger partial charge in [-0.15, -0.1) is 0 Å². The summed E-state index contributed by atoms with van der Waals surface area (Å²) in [6.45, 7) is 3.45. The smallest absolute Gasteiger partial charge is 0.0983 e. The average Bonchev–Trinajstić information content (AvgIpc) is 3.04. The molecule has 0 radical (unpaired) electrons. The molecule has 1 aromatic carbocycles. The maximum absolute atomic E-state index is 9.21. The molecule has 5 heteroatoms. The van der Waals surface area contributed by atoms with Crippen LogP contribution in [0.1, 0.15) is 18.1 Å². The summed E-state index contributed by atoms with van der Waals surface area (Å²) in [4.78, 5) is 4.20. The summed E-state index contributed by atoms with van der Waals surface area (Å²) >= 11 is 0. The molecule has 2 aromatic heterocycles. The molecule has 0 aliphatic rings. The van der Waals surface area contributed by atoms with E-state index in [2.05, 4.69) is 28.6 Å². The lowest BCUT2D eigenvalue weighted by Gasteiger charge is -2.10. The van der Waals surface area contributed by atoms with Crippen molar-refractivity contribution < 1.29 is 5.11 Å². The van der Waals surface area contributed by atoms with Crippen molar-refractivity contribution in [2.45, 2.75) is 26.1 Å². The van der Waals surface area contributed by atoms with Gasteiger partial charge in [0.25, 0.3) is 0 Å². The maximum Gasteiger partial charge on any atom is 0.0983 e. The number of aromatic nitrogens is 3.